The Labute approximate surface area is 118 Å². The fourth-order valence-corrected chi connectivity index (χ4v) is 2.12. The van der Waals surface area contributed by atoms with Gasteiger partial charge in [-0.3, -0.25) is 0 Å². The summed E-state index contributed by atoms with van der Waals surface area (Å²) in [5.74, 6) is -0.280. The van der Waals surface area contributed by atoms with Gasteiger partial charge in [0.2, 0.25) is 0 Å². The van der Waals surface area contributed by atoms with Crippen molar-refractivity contribution >= 4 is 16.9 Å². The first-order valence-corrected chi connectivity index (χ1v) is 6.56. The number of nitrogens with zero attached hydrogens (tertiary/aromatic N) is 2. The fraction of sp³-hybridized carbons (Fsp3) is 0.375. The summed E-state index contributed by atoms with van der Waals surface area (Å²) in [4.78, 5) is 12.1. The number of esters is 1. The van der Waals surface area contributed by atoms with Crippen LogP contribution < -0.4 is 0 Å². The molecule has 1 atom stereocenters. The third-order valence-electron chi connectivity index (χ3n) is 3.05. The van der Waals surface area contributed by atoms with E-state index in [1.807, 2.05) is 49.7 Å². The predicted octanol–water partition coefficient (Wildman–Crippen LogP) is 3.42. The molecule has 0 aliphatic carbocycles. The number of carbonyl (C=O) groups is 1. The lowest BCUT2D eigenvalue weighted by molar-refractivity contribution is -0.158. The van der Waals surface area contributed by atoms with Crippen LogP contribution in [0.15, 0.2) is 30.5 Å². The van der Waals surface area contributed by atoms with Gasteiger partial charge < -0.3 is 9.30 Å². The maximum absolute atomic E-state index is 12.1. The number of ether oxygens (including phenoxy) is 1. The highest BCUT2D eigenvalue weighted by Gasteiger charge is 2.23. The van der Waals surface area contributed by atoms with E-state index in [1.54, 1.807) is 13.0 Å². The van der Waals surface area contributed by atoms with E-state index >= 15 is 0 Å². The van der Waals surface area contributed by atoms with Crippen LogP contribution in [-0.2, 0) is 9.53 Å². The summed E-state index contributed by atoms with van der Waals surface area (Å²) in [5.41, 5.74) is 0.964. The second-order valence-corrected chi connectivity index (χ2v) is 5.78. The summed E-state index contributed by atoms with van der Waals surface area (Å²) in [6.45, 7) is 7.34. The monoisotopic (exact) mass is 270 g/mol. The van der Waals surface area contributed by atoms with E-state index in [0.29, 0.717) is 5.56 Å². The Kier molecular flexibility index (Phi) is 3.54. The largest absolute Gasteiger partial charge is 0.458 e. The van der Waals surface area contributed by atoms with Gasteiger partial charge in [-0.1, -0.05) is 6.07 Å². The van der Waals surface area contributed by atoms with E-state index in [0.717, 1.165) is 10.9 Å². The van der Waals surface area contributed by atoms with Gasteiger partial charge in [0.1, 0.15) is 11.6 Å². The van der Waals surface area contributed by atoms with Gasteiger partial charge in [0, 0.05) is 11.6 Å². The van der Waals surface area contributed by atoms with Crippen molar-refractivity contribution in [1.82, 2.24) is 4.57 Å². The molecule has 0 aliphatic rings. The zero-order chi connectivity index (χ0) is 14.9. The zero-order valence-corrected chi connectivity index (χ0v) is 12.2. The number of carbonyl (C=O) groups excluding carboxylic acids is 1. The van der Waals surface area contributed by atoms with Crippen molar-refractivity contribution in [3.8, 4) is 6.07 Å². The van der Waals surface area contributed by atoms with E-state index in [9.17, 15) is 4.79 Å². The van der Waals surface area contributed by atoms with Gasteiger partial charge in [-0.2, -0.15) is 5.26 Å². The van der Waals surface area contributed by atoms with Crippen molar-refractivity contribution in [1.29, 1.82) is 5.26 Å². The number of rotatable bonds is 2. The van der Waals surface area contributed by atoms with Crippen molar-refractivity contribution in [2.75, 3.05) is 0 Å². The molecule has 0 fully saturated rings. The van der Waals surface area contributed by atoms with E-state index in [1.165, 1.54) is 0 Å². The Hall–Kier alpha value is -2.28. The summed E-state index contributed by atoms with van der Waals surface area (Å²) in [5, 5.41) is 9.95. The number of aromatic nitrogens is 1. The molecule has 0 N–H and O–H groups in total. The lowest BCUT2D eigenvalue weighted by Gasteiger charge is -2.23. The second kappa shape index (κ2) is 5.01. The summed E-state index contributed by atoms with van der Waals surface area (Å²) in [6.07, 6.45) is 1.82. The average molecular weight is 270 g/mol. The molecule has 1 heterocycles. The van der Waals surface area contributed by atoms with Crippen LogP contribution in [0.4, 0.5) is 0 Å². The third kappa shape index (κ3) is 2.67. The average Bonchev–Trinajstić information content (AvgIpc) is 2.79. The van der Waals surface area contributed by atoms with Gasteiger partial charge in [-0.15, -0.1) is 0 Å². The quantitative estimate of drug-likeness (QED) is 0.786. The van der Waals surface area contributed by atoms with Gasteiger partial charge in [0.05, 0.1) is 17.1 Å². The number of hydrogen-bond donors (Lipinski definition) is 0. The number of hydrogen-bond acceptors (Lipinski definition) is 3. The molecule has 0 aliphatic heterocycles. The van der Waals surface area contributed by atoms with Crippen LogP contribution in [0, 0.1) is 11.3 Å². The SMILES string of the molecule is CC(C(=O)OC(C)(C)C)n1ccc2c(C#N)cccc21. The van der Waals surface area contributed by atoms with Gasteiger partial charge in [-0.25, -0.2) is 4.79 Å². The van der Waals surface area contributed by atoms with Crippen LogP contribution in [0.2, 0.25) is 0 Å². The van der Waals surface area contributed by atoms with Crippen molar-refractivity contribution in [2.24, 2.45) is 0 Å². The van der Waals surface area contributed by atoms with Crippen LogP contribution in [0.25, 0.3) is 10.9 Å². The van der Waals surface area contributed by atoms with E-state index in [-0.39, 0.29) is 5.97 Å². The van der Waals surface area contributed by atoms with E-state index < -0.39 is 11.6 Å². The molecule has 2 rings (SSSR count). The van der Waals surface area contributed by atoms with E-state index in [2.05, 4.69) is 6.07 Å². The van der Waals surface area contributed by atoms with Crippen molar-refractivity contribution in [2.45, 2.75) is 39.3 Å². The minimum absolute atomic E-state index is 0.280. The lowest BCUT2D eigenvalue weighted by atomic mass is 10.1. The first-order valence-electron chi connectivity index (χ1n) is 6.56. The molecule has 2 aromatic rings. The Morgan fingerprint density at radius 1 is 1.35 bits per heavy atom. The highest BCUT2D eigenvalue weighted by Crippen LogP contribution is 2.24. The molecular weight excluding hydrogens is 252 g/mol. The third-order valence-corrected chi connectivity index (χ3v) is 3.05. The second-order valence-electron chi connectivity index (χ2n) is 5.78. The Morgan fingerprint density at radius 2 is 2.05 bits per heavy atom. The van der Waals surface area contributed by atoms with Crippen molar-refractivity contribution in [3.05, 3.63) is 36.0 Å². The summed E-state index contributed by atoms with van der Waals surface area (Å²) >= 11 is 0. The Bertz CT molecular complexity index is 687. The van der Waals surface area contributed by atoms with E-state index in [4.69, 9.17) is 10.00 Å². The maximum Gasteiger partial charge on any atom is 0.329 e. The fourth-order valence-electron chi connectivity index (χ4n) is 2.12. The topological polar surface area (TPSA) is 55.0 Å². The summed E-state index contributed by atoms with van der Waals surface area (Å²) < 4.78 is 7.24. The molecule has 0 saturated heterocycles. The molecule has 0 radical (unpaired) electrons. The maximum atomic E-state index is 12.1. The molecule has 1 aromatic heterocycles. The van der Waals surface area contributed by atoms with Crippen LogP contribution in [0.1, 0.15) is 39.3 Å². The molecule has 4 heteroatoms. The minimum Gasteiger partial charge on any atom is -0.458 e. The van der Waals surface area contributed by atoms with Crippen molar-refractivity contribution in [3.63, 3.8) is 0 Å². The number of nitriles is 1. The van der Waals surface area contributed by atoms with Gasteiger partial charge in [0.25, 0.3) is 0 Å². The molecule has 1 unspecified atom stereocenters. The standard InChI is InChI=1S/C16H18N2O2/c1-11(15(19)20-16(2,3)4)18-9-8-13-12(10-17)6-5-7-14(13)18/h5-9,11H,1-4H3. The van der Waals surface area contributed by atoms with Crippen LogP contribution in [0.5, 0.6) is 0 Å². The molecular formula is C16H18N2O2. The smallest absolute Gasteiger partial charge is 0.329 e. The van der Waals surface area contributed by atoms with Gasteiger partial charge in [0.15, 0.2) is 0 Å². The number of fused-ring (bicyclic) bond motifs is 1. The van der Waals surface area contributed by atoms with Gasteiger partial charge in [-0.05, 0) is 45.9 Å². The molecule has 104 valence electrons. The highest BCUT2D eigenvalue weighted by atomic mass is 16.6. The van der Waals surface area contributed by atoms with Crippen LogP contribution in [0.3, 0.4) is 0 Å². The van der Waals surface area contributed by atoms with Crippen LogP contribution >= 0.6 is 0 Å². The predicted molar refractivity (Wildman–Crippen MR) is 77.2 cm³/mol. The normalized spacial score (nSPS) is 12.9. The molecule has 1 aromatic carbocycles. The highest BCUT2D eigenvalue weighted by molar-refractivity contribution is 5.88. The lowest BCUT2D eigenvalue weighted by Crippen LogP contribution is -2.28. The summed E-state index contributed by atoms with van der Waals surface area (Å²) in [7, 11) is 0. The molecule has 0 spiro atoms. The molecule has 20 heavy (non-hydrogen) atoms. The molecule has 4 nitrogen and oxygen atoms in total. The van der Waals surface area contributed by atoms with Crippen molar-refractivity contribution < 1.29 is 9.53 Å². The molecule has 0 saturated carbocycles. The first kappa shape index (κ1) is 14.1. The molecule has 0 bridgehead atoms. The van der Waals surface area contributed by atoms with Crippen LogP contribution in [-0.4, -0.2) is 16.1 Å². The summed E-state index contributed by atoms with van der Waals surface area (Å²) in [6, 6.07) is 9.07. The Balaban J connectivity index is 2.39. The first-order chi connectivity index (χ1) is 9.33. The Morgan fingerprint density at radius 3 is 2.65 bits per heavy atom. The van der Waals surface area contributed by atoms with Gasteiger partial charge >= 0.3 is 5.97 Å². The minimum atomic E-state index is -0.508. The molecule has 0 amide bonds. The zero-order valence-electron chi connectivity index (χ0n) is 12.2. The number of benzene rings is 1.